The highest BCUT2D eigenvalue weighted by atomic mass is 35.5. The van der Waals surface area contributed by atoms with Crippen molar-refractivity contribution in [3.63, 3.8) is 0 Å². The zero-order valence-electron chi connectivity index (χ0n) is 17.4. The van der Waals surface area contributed by atoms with Crippen molar-refractivity contribution >= 4 is 27.5 Å². The van der Waals surface area contributed by atoms with E-state index in [0.717, 1.165) is 49.9 Å². The third-order valence-corrected chi connectivity index (χ3v) is 10.1. The summed E-state index contributed by atoms with van der Waals surface area (Å²) in [6.07, 6.45) is 8.94. The zero-order valence-corrected chi connectivity index (χ0v) is 18.9. The van der Waals surface area contributed by atoms with E-state index in [0.29, 0.717) is 24.7 Å². The van der Waals surface area contributed by atoms with E-state index in [2.05, 4.69) is 5.32 Å². The number of amides is 1. The molecule has 1 aromatic rings. The summed E-state index contributed by atoms with van der Waals surface area (Å²) in [5.41, 5.74) is -0.105. The summed E-state index contributed by atoms with van der Waals surface area (Å²) in [6, 6.07) is 6.46. The number of hydrogen-bond donors (Lipinski definition) is 1. The van der Waals surface area contributed by atoms with E-state index in [1.54, 1.807) is 22.5 Å². The second kappa shape index (κ2) is 7.79. The molecular formula is C23H31ClN2O3S. The van der Waals surface area contributed by atoms with Crippen LogP contribution in [0.5, 0.6) is 0 Å². The minimum absolute atomic E-state index is 0.105. The molecule has 5 fully saturated rings. The number of carbonyl (C=O) groups excluding carboxylic acids is 1. The predicted molar refractivity (Wildman–Crippen MR) is 117 cm³/mol. The number of carbonyl (C=O) groups is 1. The highest BCUT2D eigenvalue weighted by Crippen LogP contribution is 2.60. The Kier molecular flexibility index (Phi) is 5.39. The van der Waals surface area contributed by atoms with Crippen molar-refractivity contribution in [2.24, 2.45) is 29.1 Å². The van der Waals surface area contributed by atoms with Crippen molar-refractivity contribution in [2.45, 2.75) is 56.3 Å². The Morgan fingerprint density at radius 3 is 2.43 bits per heavy atom. The lowest BCUT2D eigenvalue weighted by atomic mass is 9.49. The molecule has 1 N–H and O–H groups in total. The molecule has 0 spiro atoms. The van der Waals surface area contributed by atoms with Crippen LogP contribution in [-0.2, 0) is 14.8 Å². The van der Waals surface area contributed by atoms with Crippen molar-refractivity contribution in [3.8, 4) is 0 Å². The van der Waals surface area contributed by atoms with Gasteiger partial charge in [-0.3, -0.25) is 4.79 Å². The van der Waals surface area contributed by atoms with Gasteiger partial charge in [-0.1, -0.05) is 17.7 Å². The van der Waals surface area contributed by atoms with Crippen LogP contribution in [0.2, 0.25) is 5.02 Å². The average molecular weight is 451 g/mol. The Labute approximate surface area is 184 Å². The van der Waals surface area contributed by atoms with Gasteiger partial charge in [-0.05, 0) is 93.2 Å². The minimum atomic E-state index is -3.50. The molecular weight excluding hydrogens is 420 g/mol. The first-order chi connectivity index (χ1) is 14.3. The molecule has 4 saturated carbocycles. The summed E-state index contributed by atoms with van der Waals surface area (Å²) in [6.45, 7) is 1.70. The fraction of sp³-hybridized carbons (Fsp3) is 0.696. The predicted octanol–water partition coefficient (Wildman–Crippen LogP) is 4.07. The van der Waals surface area contributed by atoms with Gasteiger partial charge in [-0.2, -0.15) is 4.31 Å². The van der Waals surface area contributed by atoms with Gasteiger partial charge in [0, 0.05) is 30.1 Å². The first kappa shape index (κ1) is 20.8. The molecule has 0 aromatic heterocycles. The normalized spacial score (nSPS) is 35.6. The highest BCUT2D eigenvalue weighted by Gasteiger charge is 2.54. The van der Waals surface area contributed by atoms with E-state index in [4.69, 9.17) is 11.6 Å². The molecule has 164 valence electrons. The van der Waals surface area contributed by atoms with E-state index in [9.17, 15) is 13.2 Å². The minimum Gasteiger partial charge on any atom is -0.356 e. The number of halogens is 1. The summed E-state index contributed by atoms with van der Waals surface area (Å²) >= 11 is 5.97. The number of nitrogens with one attached hydrogen (secondary N) is 1. The molecule has 30 heavy (non-hydrogen) atoms. The Morgan fingerprint density at radius 2 is 1.80 bits per heavy atom. The van der Waals surface area contributed by atoms with Crippen LogP contribution in [0.1, 0.15) is 51.4 Å². The van der Waals surface area contributed by atoms with E-state index in [1.165, 1.54) is 25.3 Å². The fourth-order valence-electron chi connectivity index (χ4n) is 6.99. The van der Waals surface area contributed by atoms with E-state index < -0.39 is 10.0 Å². The average Bonchev–Trinajstić information content (AvgIpc) is 3.17. The van der Waals surface area contributed by atoms with Crippen molar-refractivity contribution in [1.82, 2.24) is 9.62 Å². The molecule has 1 atom stereocenters. The summed E-state index contributed by atoms with van der Waals surface area (Å²) < 4.78 is 27.3. The molecule has 4 aliphatic carbocycles. The number of nitrogens with zero attached hydrogens (tertiary/aromatic N) is 1. The van der Waals surface area contributed by atoms with Crippen LogP contribution in [0.3, 0.4) is 0 Å². The van der Waals surface area contributed by atoms with Crippen molar-refractivity contribution in [2.75, 3.05) is 19.6 Å². The SMILES string of the molecule is O=C(NCCC1CCN(S(=O)(=O)c2cccc(Cl)c2)C1)C12CC3CC(CC(C3)C1)C2. The molecule has 1 aliphatic heterocycles. The van der Waals surface area contributed by atoms with Gasteiger partial charge < -0.3 is 5.32 Å². The monoisotopic (exact) mass is 450 g/mol. The quantitative estimate of drug-likeness (QED) is 0.710. The van der Waals surface area contributed by atoms with E-state index in [-0.39, 0.29) is 22.1 Å². The first-order valence-corrected chi connectivity index (χ1v) is 13.2. The Hall–Kier alpha value is -1.11. The smallest absolute Gasteiger partial charge is 0.243 e. The Morgan fingerprint density at radius 1 is 1.13 bits per heavy atom. The van der Waals surface area contributed by atoms with Crippen LogP contribution in [0.4, 0.5) is 0 Å². The second-order valence-electron chi connectivity index (χ2n) is 10.2. The van der Waals surface area contributed by atoms with Crippen LogP contribution >= 0.6 is 11.6 Å². The van der Waals surface area contributed by atoms with Gasteiger partial charge in [-0.25, -0.2) is 8.42 Å². The molecule has 0 radical (unpaired) electrons. The van der Waals surface area contributed by atoms with Gasteiger partial charge >= 0.3 is 0 Å². The van der Waals surface area contributed by atoms with Crippen LogP contribution in [0, 0.1) is 29.1 Å². The van der Waals surface area contributed by atoms with Crippen LogP contribution < -0.4 is 5.32 Å². The van der Waals surface area contributed by atoms with Gasteiger partial charge in [0.15, 0.2) is 0 Å². The maximum atomic E-state index is 13.1. The Bertz CT molecular complexity index is 897. The summed E-state index contributed by atoms with van der Waals surface area (Å²) in [7, 11) is -3.50. The first-order valence-electron chi connectivity index (χ1n) is 11.4. The molecule has 5 nitrogen and oxygen atoms in total. The van der Waals surface area contributed by atoms with E-state index in [1.807, 2.05) is 0 Å². The third kappa shape index (κ3) is 3.80. The van der Waals surface area contributed by atoms with Gasteiger partial charge in [-0.15, -0.1) is 0 Å². The second-order valence-corrected chi connectivity index (χ2v) is 12.6. The molecule has 5 aliphatic rings. The lowest BCUT2D eigenvalue weighted by Crippen LogP contribution is -2.53. The van der Waals surface area contributed by atoms with Crippen molar-refractivity contribution in [3.05, 3.63) is 29.3 Å². The van der Waals surface area contributed by atoms with Crippen molar-refractivity contribution in [1.29, 1.82) is 0 Å². The van der Waals surface area contributed by atoms with Gasteiger partial charge in [0.2, 0.25) is 15.9 Å². The summed E-state index contributed by atoms with van der Waals surface area (Å²) in [4.78, 5) is 13.3. The summed E-state index contributed by atoms with van der Waals surface area (Å²) in [5.74, 6) is 2.85. The Balaban J connectivity index is 1.14. The maximum Gasteiger partial charge on any atom is 0.243 e. The molecule has 4 bridgehead atoms. The van der Waals surface area contributed by atoms with Crippen molar-refractivity contribution < 1.29 is 13.2 Å². The van der Waals surface area contributed by atoms with Crippen LogP contribution in [0.15, 0.2) is 29.2 Å². The number of hydrogen-bond acceptors (Lipinski definition) is 3. The topological polar surface area (TPSA) is 66.5 Å². The molecule has 1 heterocycles. The van der Waals surface area contributed by atoms with Gasteiger partial charge in [0.1, 0.15) is 0 Å². The lowest BCUT2D eigenvalue weighted by molar-refractivity contribution is -0.146. The maximum absolute atomic E-state index is 13.1. The molecule has 1 unspecified atom stereocenters. The highest BCUT2D eigenvalue weighted by molar-refractivity contribution is 7.89. The number of rotatable bonds is 6. The number of sulfonamides is 1. The van der Waals surface area contributed by atoms with Crippen LogP contribution in [0.25, 0.3) is 0 Å². The van der Waals surface area contributed by atoms with Gasteiger partial charge in [0.25, 0.3) is 0 Å². The van der Waals surface area contributed by atoms with Crippen LogP contribution in [-0.4, -0.2) is 38.3 Å². The lowest BCUT2D eigenvalue weighted by Gasteiger charge is -2.55. The molecule has 7 heteroatoms. The fourth-order valence-corrected chi connectivity index (χ4v) is 8.83. The molecule has 1 saturated heterocycles. The third-order valence-electron chi connectivity index (χ3n) is 8.04. The van der Waals surface area contributed by atoms with E-state index >= 15 is 0 Å². The molecule has 1 aromatic carbocycles. The van der Waals surface area contributed by atoms with Gasteiger partial charge in [0.05, 0.1) is 4.90 Å². The zero-order chi connectivity index (χ0) is 20.9. The largest absolute Gasteiger partial charge is 0.356 e. The standard InChI is InChI=1S/C23H31ClN2O3S/c24-20-2-1-3-21(11-20)30(28,29)26-7-5-16(15-26)4-6-25-22(27)23-12-17-8-18(13-23)10-19(9-17)14-23/h1-3,11,16-19H,4-10,12-15H2,(H,25,27). The summed E-state index contributed by atoms with van der Waals surface area (Å²) in [5, 5.41) is 3.66. The number of benzene rings is 1. The molecule has 1 amide bonds. The molecule has 6 rings (SSSR count).